The lowest BCUT2D eigenvalue weighted by Gasteiger charge is -2.12. The van der Waals surface area contributed by atoms with Gasteiger partial charge in [-0.3, -0.25) is 0 Å². The maximum Gasteiger partial charge on any atom is 0.0507 e. The maximum atomic E-state index is 3.66. The first-order valence-corrected chi connectivity index (χ1v) is 8.28. The van der Waals surface area contributed by atoms with Crippen LogP contribution >= 0.6 is 0 Å². The third-order valence-electron chi connectivity index (χ3n) is 3.90. The van der Waals surface area contributed by atoms with Crippen LogP contribution in [0.4, 0.5) is 0 Å². The fourth-order valence-corrected chi connectivity index (χ4v) is 2.60. The van der Waals surface area contributed by atoms with Crippen molar-refractivity contribution < 1.29 is 0 Å². The van der Waals surface area contributed by atoms with Gasteiger partial charge in [0.1, 0.15) is 0 Å². The summed E-state index contributed by atoms with van der Waals surface area (Å²) in [5.74, 6) is 0. The van der Waals surface area contributed by atoms with Gasteiger partial charge in [0.2, 0.25) is 0 Å². The molecule has 0 heteroatoms. The Kier molecular flexibility index (Phi) is 6.53. The molecule has 0 aliphatic heterocycles. The second kappa shape index (κ2) is 8.67. The van der Waals surface area contributed by atoms with E-state index in [0.717, 1.165) is 12.8 Å². The second-order valence-corrected chi connectivity index (χ2v) is 5.65. The summed E-state index contributed by atoms with van der Waals surface area (Å²) in [5, 5.41) is 0. The molecule has 0 N–H and O–H groups in total. The Hall–Kier alpha value is -1.56. The summed E-state index contributed by atoms with van der Waals surface area (Å²) < 4.78 is 0. The van der Waals surface area contributed by atoms with Gasteiger partial charge in [-0.15, -0.1) is 0 Å². The number of hydrogen-bond acceptors (Lipinski definition) is 0. The molecule has 0 saturated carbocycles. The minimum absolute atomic E-state index is 1.15. The zero-order valence-corrected chi connectivity index (χ0v) is 13.4. The third-order valence-corrected chi connectivity index (χ3v) is 3.90. The molecule has 0 aliphatic rings. The molecule has 0 nitrogen and oxygen atoms in total. The first kappa shape index (κ1) is 15.8. The SMILES string of the molecule is CCCCc1ccccc1[C]c1ccccc1CCCC. The van der Waals surface area contributed by atoms with Gasteiger partial charge >= 0.3 is 0 Å². The zero-order valence-electron chi connectivity index (χ0n) is 13.4. The van der Waals surface area contributed by atoms with Crippen molar-refractivity contribution in [1.29, 1.82) is 0 Å². The van der Waals surface area contributed by atoms with Gasteiger partial charge < -0.3 is 0 Å². The van der Waals surface area contributed by atoms with E-state index in [1.165, 1.54) is 47.9 Å². The second-order valence-electron chi connectivity index (χ2n) is 5.65. The van der Waals surface area contributed by atoms with Crippen molar-refractivity contribution in [3.63, 3.8) is 0 Å². The molecule has 0 unspecified atom stereocenters. The highest BCUT2D eigenvalue weighted by atomic mass is 14.1. The first-order valence-electron chi connectivity index (χ1n) is 8.28. The molecule has 0 aromatic heterocycles. The lowest BCUT2D eigenvalue weighted by molar-refractivity contribution is 0.788. The minimum atomic E-state index is 1.15. The standard InChI is InChI=1S/C21H26/c1-3-5-11-18-13-7-9-15-20(18)17-21-16-10-8-14-19(21)12-6-4-2/h7-10,13-16H,3-6,11-12H2,1-2H3. The van der Waals surface area contributed by atoms with Gasteiger partial charge in [-0.25, -0.2) is 0 Å². The first-order chi connectivity index (χ1) is 10.3. The van der Waals surface area contributed by atoms with Crippen molar-refractivity contribution in [2.75, 3.05) is 0 Å². The average molecular weight is 278 g/mol. The molecule has 0 heterocycles. The fourth-order valence-electron chi connectivity index (χ4n) is 2.60. The van der Waals surface area contributed by atoms with Crippen LogP contribution in [-0.4, -0.2) is 0 Å². The predicted molar refractivity (Wildman–Crippen MR) is 91.6 cm³/mol. The Morgan fingerprint density at radius 2 is 1.10 bits per heavy atom. The van der Waals surface area contributed by atoms with Crippen LogP contribution in [0.25, 0.3) is 0 Å². The van der Waals surface area contributed by atoms with Crippen molar-refractivity contribution in [2.24, 2.45) is 0 Å². The highest BCUT2D eigenvalue weighted by Crippen LogP contribution is 2.22. The average Bonchev–Trinajstić information content (AvgIpc) is 2.53. The van der Waals surface area contributed by atoms with Crippen LogP contribution < -0.4 is 0 Å². The van der Waals surface area contributed by atoms with Gasteiger partial charge in [-0.2, -0.15) is 0 Å². The molecule has 110 valence electrons. The molecule has 0 spiro atoms. The summed E-state index contributed by atoms with van der Waals surface area (Å²) in [4.78, 5) is 0. The number of benzene rings is 2. The van der Waals surface area contributed by atoms with Crippen molar-refractivity contribution in [3.8, 4) is 0 Å². The number of aryl methyl sites for hydroxylation is 2. The van der Waals surface area contributed by atoms with Crippen molar-refractivity contribution in [1.82, 2.24) is 0 Å². The van der Waals surface area contributed by atoms with E-state index in [9.17, 15) is 0 Å². The van der Waals surface area contributed by atoms with Gasteiger partial charge in [0, 0.05) is 0 Å². The summed E-state index contributed by atoms with van der Waals surface area (Å²) in [5.41, 5.74) is 5.36. The Labute approximate surface area is 130 Å². The Morgan fingerprint density at radius 1 is 0.667 bits per heavy atom. The van der Waals surface area contributed by atoms with E-state index in [1.54, 1.807) is 0 Å². The third kappa shape index (κ3) is 4.74. The number of rotatable bonds is 8. The van der Waals surface area contributed by atoms with Crippen molar-refractivity contribution in [3.05, 3.63) is 77.2 Å². The molecule has 2 radical (unpaired) electrons. The molecule has 0 aliphatic carbocycles. The maximum absolute atomic E-state index is 3.66. The van der Waals surface area contributed by atoms with Crippen LogP contribution in [0.3, 0.4) is 0 Å². The van der Waals surface area contributed by atoms with E-state index in [-0.39, 0.29) is 0 Å². The molecule has 0 fully saturated rings. The molecule has 0 bridgehead atoms. The van der Waals surface area contributed by atoms with Crippen molar-refractivity contribution in [2.45, 2.75) is 52.4 Å². The molecule has 0 amide bonds. The summed E-state index contributed by atoms with van der Waals surface area (Å²) in [7, 11) is 0. The van der Waals surface area contributed by atoms with Gasteiger partial charge in [-0.1, -0.05) is 75.2 Å². The van der Waals surface area contributed by atoms with Crippen LogP contribution in [0.5, 0.6) is 0 Å². The molecule has 0 saturated heterocycles. The van der Waals surface area contributed by atoms with E-state index in [4.69, 9.17) is 0 Å². The summed E-state index contributed by atoms with van der Waals surface area (Å²) in [6.45, 7) is 4.49. The van der Waals surface area contributed by atoms with Gasteiger partial charge in [0.15, 0.2) is 0 Å². The van der Waals surface area contributed by atoms with Crippen LogP contribution in [0.1, 0.15) is 61.8 Å². The van der Waals surface area contributed by atoms with Gasteiger partial charge in [-0.05, 0) is 47.9 Å². The lowest BCUT2D eigenvalue weighted by atomic mass is 9.93. The highest BCUT2D eigenvalue weighted by molar-refractivity contribution is 5.45. The predicted octanol–water partition coefficient (Wildman–Crippen LogP) is 5.85. The highest BCUT2D eigenvalue weighted by Gasteiger charge is 2.07. The van der Waals surface area contributed by atoms with Crippen LogP contribution in [-0.2, 0) is 12.8 Å². The number of hydrogen-bond donors (Lipinski definition) is 0. The minimum Gasteiger partial charge on any atom is -0.0654 e. The fraction of sp³-hybridized carbons (Fsp3) is 0.381. The zero-order chi connectivity index (χ0) is 14.9. The van der Waals surface area contributed by atoms with E-state index < -0.39 is 0 Å². The summed E-state index contributed by atoms with van der Waals surface area (Å²) in [6.07, 6.45) is 10.9. The summed E-state index contributed by atoms with van der Waals surface area (Å²) >= 11 is 0. The summed E-state index contributed by atoms with van der Waals surface area (Å²) in [6, 6.07) is 17.4. The van der Waals surface area contributed by atoms with E-state index in [1.807, 2.05) is 0 Å². The van der Waals surface area contributed by atoms with Crippen molar-refractivity contribution >= 4 is 0 Å². The molecular weight excluding hydrogens is 252 g/mol. The van der Waals surface area contributed by atoms with E-state index in [2.05, 4.69) is 68.8 Å². The topological polar surface area (TPSA) is 0 Å². The molecule has 2 aromatic carbocycles. The van der Waals surface area contributed by atoms with Gasteiger partial charge in [0.05, 0.1) is 6.42 Å². The van der Waals surface area contributed by atoms with Gasteiger partial charge in [0.25, 0.3) is 0 Å². The van der Waals surface area contributed by atoms with E-state index >= 15 is 0 Å². The Morgan fingerprint density at radius 3 is 1.52 bits per heavy atom. The van der Waals surface area contributed by atoms with Crippen LogP contribution in [0.2, 0.25) is 0 Å². The molecule has 21 heavy (non-hydrogen) atoms. The normalized spacial score (nSPS) is 10.8. The molecule has 2 rings (SSSR count). The molecule has 0 atom stereocenters. The quantitative estimate of drug-likeness (QED) is 0.568. The lowest BCUT2D eigenvalue weighted by Crippen LogP contribution is -1.97. The smallest absolute Gasteiger partial charge is 0.0507 e. The van der Waals surface area contributed by atoms with Crippen LogP contribution in [0.15, 0.2) is 48.5 Å². The largest absolute Gasteiger partial charge is 0.0654 e. The monoisotopic (exact) mass is 278 g/mol. The van der Waals surface area contributed by atoms with E-state index in [0.29, 0.717) is 0 Å². The Balaban J connectivity index is 2.18. The molecular formula is C21H26. The molecule has 2 aromatic rings. The van der Waals surface area contributed by atoms with Crippen LogP contribution in [0, 0.1) is 6.42 Å². The number of unbranched alkanes of at least 4 members (excludes halogenated alkanes) is 2. The Bertz CT molecular complexity index is 490.